The van der Waals surface area contributed by atoms with Crippen molar-refractivity contribution in [3.8, 4) is 6.01 Å². The molecule has 2 heterocycles. The average Bonchev–Trinajstić information content (AvgIpc) is 3.68. The Morgan fingerprint density at radius 3 is 1.75 bits per heavy atom. The van der Waals surface area contributed by atoms with E-state index in [1.807, 2.05) is 0 Å². The topological polar surface area (TPSA) is 190 Å². The number of nitrogens with one attached hydrogen (secondary N) is 2. The minimum Gasteiger partial charge on any atom is -0.462 e. The first-order chi connectivity index (χ1) is 34.7. The second kappa shape index (κ2) is 39.6. The van der Waals surface area contributed by atoms with Crippen molar-refractivity contribution in [2.24, 2.45) is 0 Å². The molecule has 0 spiro atoms. The van der Waals surface area contributed by atoms with Gasteiger partial charge < -0.3 is 35.0 Å². The fraction of sp³-hybridized carbons (Fsp3) is 0.684. The van der Waals surface area contributed by atoms with Gasteiger partial charge in [-0.05, 0) is 94.7 Å². The predicted molar refractivity (Wildman–Crippen MR) is 287 cm³/mol. The number of rotatable bonds is 44. The number of nitrogen functional groups attached to an aromatic ring is 1. The summed E-state index contributed by atoms with van der Waals surface area (Å²) in [6.07, 6.45) is 41.2. The summed E-state index contributed by atoms with van der Waals surface area (Å²) >= 11 is 0. The van der Waals surface area contributed by atoms with E-state index in [1.54, 1.807) is 31.4 Å². The Hall–Kier alpha value is -4.98. The lowest BCUT2D eigenvalue weighted by atomic mass is 10.1. The molecule has 14 nitrogen and oxygen atoms in total. The summed E-state index contributed by atoms with van der Waals surface area (Å²) in [5, 5.41) is 2.95. The summed E-state index contributed by atoms with van der Waals surface area (Å²) in [6, 6.07) is 6.98. The van der Waals surface area contributed by atoms with E-state index < -0.39 is 11.8 Å². The van der Waals surface area contributed by atoms with Gasteiger partial charge in [-0.1, -0.05) is 153 Å². The third-order valence-corrected chi connectivity index (χ3v) is 12.7. The number of fused-ring (bicyclic) bond motifs is 1. The highest BCUT2D eigenvalue weighted by molar-refractivity contribution is 5.94. The first-order valence-electron chi connectivity index (χ1n) is 27.7. The van der Waals surface area contributed by atoms with Crippen molar-refractivity contribution in [2.75, 3.05) is 39.2 Å². The van der Waals surface area contributed by atoms with Crippen molar-refractivity contribution in [2.45, 2.75) is 219 Å². The molecule has 14 heteroatoms. The van der Waals surface area contributed by atoms with Crippen molar-refractivity contribution < 1.29 is 33.3 Å². The number of nitrogens with zero attached hydrogens (tertiary/aromatic N) is 3. The molecule has 0 fully saturated rings. The number of hydrogen-bond acceptors (Lipinski definition) is 11. The van der Waals surface area contributed by atoms with Gasteiger partial charge >= 0.3 is 23.6 Å². The van der Waals surface area contributed by atoms with Crippen molar-refractivity contribution >= 4 is 34.8 Å². The predicted octanol–water partition coefficient (Wildman–Crippen LogP) is 12.8. The smallest absolute Gasteiger partial charge is 0.328 e. The number of H-pyrrole nitrogens is 1. The van der Waals surface area contributed by atoms with Gasteiger partial charge in [-0.15, -0.1) is 0 Å². The molecule has 0 saturated carbocycles. The number of carbonyl (C=O) groups excluding carboxylic acids is 3. The molecule has 1 aromatic carbocycles. The Kier molecular flexibility index (Phi) is 33.7. The lowest BCUT2D eigenvalue weighted by Gasteiger charge is -2.18. The SMILES string of the molecule is CCCCCCCC/C=C\CCCCCCCC(=O)OCC(CCCNC(=O)c1ccc(Cn2c(=O)[nH]c3c(N)nc(OCCOC)nc32)cc1)OC(=O)CCCCCCC/C=C\CCCCCCCC. The molecule has 0 aliphatic heterocycles. The molecular weight excluding hydrogens is 897 g/mol. The fourth-order valence-corrected chi connectivity index (χ4v) is 8.40. The number of methoxy groups -OCH3 is 1. The van der Waals surface area contributed by atoms with E-state index in [0.29, 0.717) is 55.6 Å². The van der Waals surface area contributed by atoms with Crippen LogP contribution in [0.25, 0.3) is 11.2 Å². The zero-order valence-corrected chi connectivity index (χ0v) is 44.1. The Morgan fingerprint density at radius 1 is 0.676 bits per heavy atom. The molecule has 398 valence electrons. The van der Waals surface area contributed by atoms with Crippen LogP contribution in [-0.2, 0) is 30.3 Å². The van der Waals surface area contributed by atoms with Crippen molar-refractivity contribution in [3.05, 3.63) is 70.2 Å². The number of nitrogens with two attached hydrogens (primary N) is 1. The monoisotopic (exact) mass is 989 g/mol. The van der Waals surface area contributed by atoms with Gasteiger partial charge in [0.2, 0.25) is 0 Å². The Morgan fingerprint density at radius 2 is 1.20 bits per heavy atom. The third-order valence-electron chi connectivity index (χ3n) is 12.7. The highest BCUT2D eigenvalue weighted by Crippen LogP contribution is 2.20. The number of benzene rings is 1. The second-order valence-electron chi connectivity index (χ2n) is 19.0. The summed E-state index contributed by atoms with van der Waals surface area (Å²) in [4.78, 5) is 63.0. The van der Waals surface area contributed by atoms with Crippen LogP contribution >= 0.6 is 0 Å². The number of ether oxygens (including phenoxy) is 4. The maximum Gasteiger partial charge on any atom is 0.328 e. The van der Waals surface area contributed by atoms with E-state index in [2.05, 4.69) is 58.4 Å². The minimum atomic E-state index is -0.596. The molecule has 0 aliphatic rings. The van der Waals surface area contributed by atoms with Gasteiger partial charge in [0.05, 0.1) is 13.2 Å². The fourth-order valence-electron chi connectivity index (χ4n) is 8.40. The van der Waals surface area contributed by atoms with E-state index >= 15 is 0 Å². The molecule has 3 aromatic rings. The van der Waals surface area contributed by atoms with Crippen LogP contribution < -0.4 is 21.5 Å². The Balaban J connectivity index is 1.40. The molecule has 1 amide bonds. The van der Waals surface area contributed by atoms with Crippen LogP contribution in [0.3, 0.4) is 0 Å². The summed E-state index contributed by atoms with van der Waals surface area (Å²) in [5.41, 5.74) is 7.51. The molecule has 1 unspecified atom stereocenters. The van der Waals surface area contributed by atoms with Crippen LogP contribution in [0.5, 0.6) is 6.01 Å². The lowest BCUT2D eigenvalue weighted by molar-refractivity contribution is -0.159. The van der Waals surface area contributed by atoms with Crippen molar-refractivity contribution in [1.82, 2.24) is 24.8 Å². The van der Waals surface area contributed by atoms with Crippen molar-refractivity contribution in [1.29, 1.82) is 0 Å². The van der Waals surface area contributed by atoms with E-state index in [0.717, 1.165) is 76.2 Å². The molecule has 0 aliphatic carbocycles. The van der Waals surface area contributed by atoms with E-state index in [-0.39, 0.29) is 49.4 Å². The highest BCUT2D eigenvalue weighted by Gasteiger charge is 2.19. The van der Waals surface area contributed by atoms with E-state index in [9.17, 15) is 19.2 Å². The number of hydrogen-bond donors (Lipinski definition) is 3. The molecule has 0 saturated heterocycles. The molecule has 1 atom stereocenters. The minimum absolute atomic E-state index is 0.00226. The number of aromatic amines is 1. The average molecular weight is 989 g/mol. The van der Waals surface area contributed by atoms with Gasteiger partial charge in [0, 0.05) is 32.1 Å². The standard InChI is InChI=1S/C57H92N6O8/c1-4-6-8-10-12-14-16-18-20-22-24-26-28-30-32-36-50(64)70-46-49(71-51(65)37-33-31-29-27-25-23-21-19-17-15-13-11-9-7-5-2)35-34-42-59-55(66)48-40-38-47(39-41-48)45-63-54-52(60-57(63)67)53(58)61-56(62-54)69-44-43-68-3/h18-21,38-41,49H,4-17,22-37,42-46H2,1-3H3,(H,59,66)(H,60,67)(H2,58,61,62)/b20-18-,21-19-. The van der Waals surface area contributed by atoms with Crippen LogP contribution in [0, 0.1) is 0 Å². The van der Waals surface area contributed by atoms with Gasteiger partial charge in [-0.3, -0.25) is 19.0 Å². The first kappa shape index (κ1) is 60.3. The maximum atomic E-state index is 13.1. The molecule has 4 N–H and O–H groups in total. The molecular formula is C57H92N6O8. The molecule has 2 aromatic heterocycles. The lowest BCUT2D eigenvalue weighted by Crippen LogP contribution is -2.28. The van der Waals surface area contributed by atoms with Gasteiger partial charge in [0.1, 0.15) is 24.8 Å². The maximum absolute atomic E-state index is 13.1. The van der Waals surface area contributed by atoms with Gasteiger partial charge in [0.25, 0.3) is 5.91 Å². The summed E-state index contributed by atoms with van der Waals surface area (Å²) in [7, 11) is 1.56. The van der Waals surface area contributed by atoms with Crippen LogP contribution in [-0.4, -0.2) is 76.9 Å². The van der Waals surface area contributed by atoms with Gasteiger partial charge in [-0.2, -0.15) is 9.97 Å². The largest absolute Gasteiger partial charge is 0.462 e. The van der Waals surface area contributed by atoms with Gasteiger partial charge in [-0.25, -0.2) is 4.79 Å². The van der Waals surface area contributed by atoms with E-state index in [1.165, 1.54) is 101 Å². The van der Waals surface area contributed by atoms with Crippen LogP contribution in [0.1, 0.15) is 222 Å². The zero-order valence-electron chi connectivity index (χ0n) is 44.1. The van der Waals surface area contributed by atoms with Crippen LogP contribution in [0.15, 0.2) is 53.4 Å². The quantitative estimate of drug-likeness (QED) is 0.0278. The number of anilines is 1. The van der Waals surface area contributed by atoms with E-state index in [4.69, 9.17) is 24.7 Å². The van der Waals surface area contributed by atoms with Crippen LogP contribution in [0.4, 0.5) is 5.82 Å². The number of aromatic nitrogens is 4. The highest BCUT2D eigenvalue weighted by atomic mass is 16.6. The Labute approximate surface area is 426 Å². The number of amides is 1. The molecule has 71 heavy (non-hydrogen) atoms. The number of imidazole rings is 1. The summed E-state index contributed by atoms with van der Waals surface area (Å²) < 4.78 is 23.5. The van der Waals surface area contributed by atoms with Crippen LogP contribution in [0.2, 0.25) is 0 Å². The zero-order chi connectivity index (χ0) is 51.0. The number of allylic oxidation sites excluding steroid dienone is 4. The Bertz CT molecular complexity index is 1990. The molecule has 0 bridgehead atoms. The summed E-state index contributed by atoms with van der Waals surface area (Å²) in [5.74, 6) is -0.732. The normalized spacial score (nSPS) is 12.0. The third kappa shape index (κ3) is 28.0. The molecule has 0 radical (unpaired) electrons. The molecule has 3 rings (SSSR count). The first-order valence-corrected chi connectivity index (χ1v) is 27.7. The number of unbranched alkanes of at least 4 members (excludes halogenated alkanes) is 22. The summed E-state index contributed by atoms with van der Waals surface area (Å²) in [6.45, 7) is 5.58. The second-order valence-corrected chi connectivity index (χ2v) is 19.0. The van der Waals surface area contributed by atoms with Crippen molar-refractivity contribution in [3.63, 3.8) is 0 Å². The van der Waals surface area contributed by atoms with Gasteiger partial charge in [0.15, 0.2) is 11.5 Å². The number of carbonyl (C=O) groups is 3. The number of esters is 2.